The molecule has 0 aromatic heterocycles. The van der Waals surface area contributed by atoms with E-state index in [1.165, 1.54) is 0 Å². The highest BCUT2D eigenvalue weighted by Crippen LogP contribution is 2.02. The van der Waals surface area contributed by atoms with E-state index < -0.39 is 12.1 Å². The van der Waals surface area contributed by atoms with Crippen LogP contribution in [0.3, 0.4) is 0 Å². The van der Waals surface area contributed by atoms with E-state index in [0.717, 1.165) is 6.42 Å². The molecule has 0 aliphatic rings. The molecule has 0 heterocycles. The molecule has 0 aliphatic carbocycles. The molecule has 0 aromatic carbocycles. The summed E-state index contributed by atoms with van der Waals surface area (Å²) in [7, 11) is 0. The first kappa shape index (κ1) is 16.7. The second kappa shape index (κ2) is 9.70. The van der Waals surface area contributed by atoms with Crippen LogP contribution < -0.4 is 11.1 Å². The minimum Gasteiger partial charge on any atom is -0.464 e. The highest BCUT2D eigenvalue weighted by molar-refractivity contribution is 5.74. The number of hydrogen-bond donors (Lipinski definition) is 2. The minimum absolute atomic E-state index is 0.247. The summed E-state index contributed by atoms with van der Waals surface area (Å²) in [5, 5.41) is 2.41. The summed E-state index contributed by atoms with van der Waals surface area (Å²) in [4.78, 5) is 21.8. The molecule has 0 fully saturated rings. The quantitative estimate of drug-likeness (QED) is 0.478. The summed E-state index contributed by atoms with van der Waals surface area (Å²) in [6, 6.07) is -0.577. The number of urea groups is 1. The van der Waals surface area contributed by atoms with E-state index in [1.807, 2.05) is 0 Å². The third kappa shape index (κ3) is 9.89. The van der Waals surface area contributed by atoms with Crippen molar-refractivity contribution in [2.75, 3.05) is 19.8 Å². The van der Waals surface area contributed by atoms with E-state index in [1.54, 1.807) is 6.92 Å². The fourth-order valence-electron chi connectivity index (χ4n) is 1.12. The van der Waals surface area contributed by atoms with E-state index in [9.17, 15) is 9.59 Å². The SMILES string of the molecule is CC(C)CCOC(C)C(=O)OCCCNC(N)=O. The summed E-state index contributed by atoms with van der Waals surface area (Å²) in [6.07, 6.45) is 0.904. The summed E-state index contributed by atoms with van der Waals surface area (Å²) in [5.74, 6) is 0.172. The van der Waals surface area contributed by atoms with Gasteiger partial charge in [-0.25, -0.2) is 9.59 Å². The standard InChI is InChI=1S/C12H24N2O4/c1-9(2)5-8-17-10(3)11(15)18-7-4-6-14-12(13)16/h9-10H,4-8H2,1-3H3,(H3,13,14,16). The van der Waals surface area contributed by atoms with E-state index >= 15 is 0 Å². The largest absolute Gasteiger partial charge is 0.464 e. The second-order valence-corrected chi connectivity index (χ2v) is 4.51. The summed E-state index contributed by atoms with van der Waals surface area (Å²) < 4.78 is 10.3. The van der Waals surface area contributed by atoms with Crippen molar-refractivity contribution in [3.8, 4) is 0 Å². The maximum Gasteiger partial charge on any atom is 0.334 e. The van der Waals surface area contributed by atoms with Crippen LogP contribution in [0, 0.1) is 5.92 Å². The number of rotatable bonds is 9. The molecule has 1 unspecified atom stereocenters. The van der Waals surface area contributed by atoms with Gasteiger partial charge in [-0.2, -0.15) is 0 Å². The van der Waals surface area contributed by atoms with Crippen molar-refractivity contribution in [1.29, 1.82) is 0 Å². The highest BCUT2D eigenvalue weighted by Gasteiger charge is 2.14. The van der Waals surface area contributed by atoms with Gasteiger partial charge >= 0.3 is 12.0 Å². The minimum atomic E-state index is -0.577. The Kier molecular flexibility index (Phi) is 9.00. The molecular formula is C12H24N2O4. The predicted octanol–water partition coefficient (Wildman–Crippen LogP) is 1.04. The van der Waals surface area contributed by atoms with Gasteiger partial charge in [0, 0.05) is 13.2 Å². The Bertz CT molecular complexity index is 256. The summed E-state index contributed by atoms with van der Waals surface area (Å²) >= 11 is 0. The zero-order chi connectivity index (χ0) is 14.0. The zero-order valence-electron chi connectivity index (χ0n) is 11.4. The van der Waals surface area contributed by atoms with Crippen LogP contribution in [-0.2, 0) is 14.3 Å². The molecular weight excluding hydrogens is 236 g/mol. The van der Waals surface area contributed by atoms with Gasteiger partial charge in [-0.15, -0.1) is 0 Å². The Labute approximate surface area is 108 Å². The topological polar surface area (TPSA) is 90.7 Å². The van der Waals surface area contributed by atoms with Crippen LogP contribution in [-0.4, -0.2) is 37.9 Å². The van der Waals surface area contributed by atoms with E-state index in [4.69, 9.17) is 15.2 Å². The van der Waals surface area contributed by atoms with Crippen LogP contribution in [0.1, 0.15) is 33.6 Å². The lowest BCUT2D eigenvalue weighted by Crippen LogP contribution is -2.31. The van der Waals surface area contributed by atoms with Crippen LogP contribution >= 0.6 is 0 Å². The molecule has 0 saturated heterocycles. The molecule has 0 spiro atoms. The number of carbonyl (C=O) groups is 2. The predicted molar refractivity (Wildman–Crippen MR) is 68.0 cm³/mol. The maximum absolute atomic E-state index is 11.5. The lowest BCUT2D eigenvalue weighted by molar-refractivity contribution is -0.156. The molecule has 0 radical (unpaired) electrons. The molecule has 6 nitrogen and oxygen atoms in total. The van der Waals surface area contributed by atoms with Crippen molar-refractivity contribution in [1.82, 2.24) is 5.32 Å². The molecule has 6 heteroatoms. The van der Waals surface area contributed by atoms with Crippen molar-refractivity contribution in [3.05, 3.63) is 0 Å². The number of esters is 1. The highest BCUT2D eigenvalue weighted by atomic mass is 16.6. The maximum atomic E-state index is 11.5. The van der Waals surface area contributed by atoms with Gasteiger partial charge in [0.05, 0.1) is 6.61 Å². The number of hydrogen-bond acceptors (Lipinski definition) is 4. The molecule has 0 aliphatic heterocycles. The van der Waals surface area contributed by atoms with Crippen molar-refractivity contribution in [2.45, 2.75) is 39.7 Å². The number of carbonyl (C=O) groups excluding carboxylic acids is 2. The molecule has 0 rings (SSSR count). The van der Waals surface area contributed by atoms with Gasteiger partial charge < -0.3 is 20.5 Å². The molecule has 1 atom stereocenters. The van der Waals surface area contributed by atoms with Crippen molar-refractivity contribution < 1.29 is 19.1 Å². The Morgan fingerprint density at radius 3 is 2.44 bits per heavy atom. The number of nitrogens with one attached hydrogen (secondary N) is 1. The second-order valence-electron chi connectivity index (χ2n) is 4.51. The molecule has 18 heavy (non-hydrogen) atoms. The zero-order valence-corrected chi connectivity index (χ0v) is 11.4. The normalized spacial score (nSPS) is 12.2. The number of amides is 2. The van der Waals surface area contributed by atoms with Gasteiger partial charge in [-0.05, 0) is 25.7 Å². The Balaban J connectivity index is 3.52. The Hall–Kier alpha value is -1.30. The fourth-order valence-corrected chi connectivity index (χ4v) is 1.12. The average molecular weight is 260 g/mol. The number of primary amides is 1. The van der Waals surface area contributed by atoms with Crippen LogP contribution in [0.15, 0.2) is 0 Å². The fraction of sp³-hybridized carbons (Fsp3) is 0.833. The van der Waals surface area contributed by atoms with Gasteiger partial charge in [0.25, 0.3) is 0 Å². The summed E-state index contributed by atoms with van der Waals surface area (Å²) in [6.45, 7) is 7.06. The van der Waals surface area contributed by atoms with Gasteiger partial charge in [0.1, 0.15) is 0 Å². The van der Waals surface area contributed by atoms with Gasteiger partial charge in [0.2, 0.25) is 0 Å². The lowest BCUT2D eigenvalue weighted by atomic mass is 10.1. The van der Waals surface area contributed by atoms with E-state index in [-0.39, 0.29) is 12.6 Å². The van der Waals surface area contributed by atoms with Crippen molar-refractivity contribution in [2.24, 2.45) is 11.7 Å². The lowest BCUT2D eigenvalue weighted by Gasteiger charge is -2.13. The first-order valence-corrected chi connectivity index (χ1v) is 6.25. The Morgan fingerprint density at radius 1 is 1.22 bits per heavy atom. The monoisotopic (exact) mass is 260 g/mol. The molecule has 0 bridgehead atoms. The molecule has 0 aromatic rings. The first-order chi connectivity index (χ1) is 8.43. The van der Waals surface area contributed by atoms with Crippen molar-refractivity contribution in [3.63, 3.8) is 0 Å². The number of nitrogens with two attached hydrogens (primary N) is 1. The van der Waals surface area contributed by atoms with Crippen LogP contribution in [0.4, 0.5) is 4.79 Å². The van der Waals surface area contributed by atoms with Crippen LogP contribution in [0.2, 0.25) is 0 Å². The van der Waals surface area contributed by atoms with Gasteiger partial charge in [0.15, 0.2) is 6.10 Å². The van der Waals surface area contributed by atoms with Crippen LogP contribution in [0.5, 0.6) is 0 Å². The smallest absolute Gasteiger partial charge is 0.334 e. The van der Waals surface area contributed by atoms with Crippen LogP contribution in [0.25, 0.3) is 0 Å². The summed E-state index contributed by atoms with van der Waals surface area (Å²) in [5.41, 5.74) is 4.88. The molecule has 106 valence electrons. The van der Waals surface area contributed by atoms with E-state index in [0.29, 0.717) is 25.5 Å². The van der Waals surface area contributed by atoms with Gasteiger partial charge in [-0.3, -0.25) is 0 Å². The Morgan fingerprint density at radius 2 is 1.89 bits per heavy atom. The average Bonchev–Trinajstić information content (AvgIpc) is 2.27. The molecule has 0 saturated carbocycles. The third-order valence-electron chi connectivity index (χ3n) is 2.26. The number of ether oxygens (including phenoxy) is 2. The van der Waals surface area contributed by atoms with Gasteiger partial charge in [-0.1, -0.05) is 13.8 Å². The van der Waals surface area contributed by atoms with E-state index in [2.05, 4.69) is 19.2 Å². The van der Waals surface area contributed by atoms with Crippen molar-refractivity contribution >= 4 is 12.0 Å². The molecule has 3 N–H and O–H groups in total. The third-order valence-corrected chi connectivity index (χ3v) is 2.26. The molecule has 2 amide bonds. The first-order valence-electron chi connectivity index (χ1n) is 6.25.